The Bertz CT molecular complexity index is 498. The summed E-state index contributed by atoms with van der Waals surface area (Å²) in [5.74, 6) is -0.0257. The Hall–Kier alpha value is -1.66. The molecule has 0 aliphatic carbocycles. The summed E-state index contributed by atoms with van der Waals surface area (Å²) in [4.78, 5) is 12.0. The fourth-order valence-corrected chi connectivity index (χ4v) is 2.40. The van der Waals surface area contributed by atoms with Gasteiger partial charge < -0.3 is 20.5 Å². The third-order valence-electron chi connectivity index (χ3n) is 3.72. The number of ether oxygens (including phenoxy) is 2. The van der Waals surface area contributed by atoms with Crippen LogP contribution in [-0.2, 0) is 9.53 Å². The quantitative estimate of drug-likeness (QED) is 0.802. The number of nitrogens with one attached hydrogen (secondary N) is 1. The summed E-state index contributed by atoms with van der Waals surface area (Å²) in [6.45, 7) is 2.75. The number of carbonyl (C=O) groups is 1. The van der Waals surface area contributed by atoms with Crippen LogP contribution in [0.3, 0.4) is 0 Å². The molecule has 0 radical (unpaired) electrons. The summed E-state index contributed by atoms with van der Waals surface area (Å²) in [5.41, 5.74) is 5.53. The molecule has 122 valence electrons. The van der Waals surface area contributed by atoms with Crippen LogP contribution in [0, 0.1) is 5.82 Å². The molecule has 1 saturated heterocycles. The second-order valence-corrected chi connectivity index (χ2v) is 5.41. The molecule has 1 fully saturated rings. The van der Waals surface area contributed by atoms with Gasteiger partial charge in [-0.25, -0.2) is 4.39 Å². The lowest BCUT2D eigenvalue weighted by Crippen LogP contribution is -2.41. The van der Waals surface area contributed by atoms with Gasteiger partial charge in [-0.2, -0.15) is 0 Å². The van der Waals surface area contributed by atoms with Crippen LogP contribution in [0.25, 0.3) is 0 Å². The number of benzene rings is 1. The molecule has 1 aliphatic heterocycles. The highest BCUT2D eigenvalue weighted by molar-refractivity contribution is 5.81. The monoisotopic (exact) mass is 310 g/mol. The topological polar surface area (TPSA) is 73.6 Å². The fraction of sp³-hybridized carbons (Fsp3) is 0.562. The lowest BCUT2D eigenvalue weighted by atomic mass is 10.2. The first-order valence-corrected chi connectivity index (χ1v) is 7.67. The van der Waals surface area contributed by atoms with E-state index in [4.69, 9.17) is 15.2 Å². The smallest absolute Gasteiger partial charge is 0.249 e. The predicted octanol–water partition coefficient (Wildman–Crippen LogP) is 1.61. The van der Waals surface area contributed by atoms with E-state index < -0.39 is 6.10 Å². The van der Waals surface area contributed by atoms with Crippen molar-refractivity contribution in [3.63, 3.8) is 0 Å². The molecule has 6 heteroatoms. The van der Waals surface area contributed by atoms with Gasteiger partial charge in [0.05, 0.1) is 12.6 Å². The van der Waals surface area contributed by atoms with Crippen molar-refractivity contribution >= 4 is 5.91 Å². The molecule has 0 aromatic heterocycles. The lowest BCUT2D eigenvalue weighted by Gasteiger charge is -2.19. The number of amides is 1. The third-order valence-corrected chi connectivity index (χ3v) is 3.72. The average Bonchev–Trinajstić information content (AvgIpc) is 3.00. The molecule has 1 heterocycles. The standard InChI is InChI=1S/C16H23FN2O3/c1-2-12(21-13-5-3-4-11(17)8-13)10-19-16(20)15-7-6-14(9-18)22-15/h3-5,8,12,14-15H,2,6-7,9-10,18H2,1H3,(H,19,20)/t12?,14-,15+/m1/s1. The zero-order valence-corrected chi connectivity index (χ0v) is 12.8. The molecule has 1 aliphatic rings. The number of nitrogens with two attached hydrogens (primary N) is 1. The minimum Gasteiger partial charge on any atom is -0.489 e. The summed E-state index contributed by atoms with van der Waals surface area (Å²) < 4.78 is 24.4. The first kappa shape index (κ1) is 16.7. The molecule has 1 aromatic carbocycles. The number of halogens is 1. The Morgan fingerprint density at radius 3 is 3.00 bits per heavy atom. The van der Waals surface area contributed by atoms with E-state index >= 15 is 0 Å². The molecule has 22 heavy (non-hydrogen) atoms. The first-order chi connectivity index (χ1) is 10.6. The molecular weight excluding hydrogens is 287 g/mol. The van der Waals surface area contributed by atoms with Gasteiger partial charge in [0, 0.05) is 12.6 Å². The zero-order chi connectivity index (χ0) is 15.9. The summed E-state index contributed by atoms with van der Waals surface area (Å²) in [6.07, 6.45) is 1.54. The Kier molecular flexibility index (Phi) is 6.15. The fourth-order valence-electron chi connectivity index (χ4n) is 2.40. The normalized spacial score (nSPS) is 22.3. The van der Waals surface area contributed by atoms with Crippen LogP contribution in [-0.4, -0.2) is 37.3 Å². The van der Waals surface area contributed by atoms with Gasteiger partial charge in [0.25, 0.3) is 0 Å². The van der Waals surface area contributed by atoms with Gasteiger partial charge in [-0.15, -0.1) is 0 Å². The maximum atomic E-state index is 13.1. The summed E-state index contributed by atoms with van der Waals surface area (Å²) in [5, 5.41) is 2.83. The second kappa shape index (κ2) is 8.10. The van der Waals surface area contributed by atoms with Crippen molar-refractivity contribution in [3.05, 3.63) is 30.1 Å². The summed E-state index contributed by atoms with van der Waals surface area (Å²) >= 11 is 0. The Balaban J connectivity index is 1.79. The largest absolute Gasteiger partial charge is 0.489 e. The summed E-state index contributed by atoms with van der Waals surface area (Å²) in [7, 11) is 0. The van der Waals surface area contributed by atoms with Crippen molar-refractivity contribution in [2.75, 3.05) is 13.1 Å². The van der Waals surface area contributed by atoms with Crippen molar-refractivity contribution in [1.82, 2.24) is 5.32 Å². The van der Waals surface area contributed by atoms with E-state index in [0.29, 0.717) is 31.7 Å². The maximum Gasteiger partial charge on any atom is 0.249 e. The molecule has 0 saturated carbocycles. The van der Waals surface area contributed by atoms with Crippen LogP contribution in [0.4, 0.5) is 4.39 Å². The van der Waals surface area contributed by atoms with Crippen molar-refractivity contribution in [2.45, 2.75) is 44.5 Å². The Morgan fingerprint density at radius 2 is 2.36 bits per heavy atom. The van der Waals surface area contributed by atoms with E-state index in [1.54, 1.807) is 12.1 Å². The molecule has 0 bridgehead atoms. The summed E-state index contributed by atoms with van der Waals surface area (Å²) in [6, 6.07) is 5.98. The van der Waals surface area contributed by atoms with Crippen LogP contribution in [0.15, 0.2) is 24.3 Å². The molecule has 3 atom stereocenters. The van der Waals surface area contributed by atoms with E-state index in [1.807, 2.05) is 6.92 Å². The van der Waals surface area contributed by atoms with Gasteiger partial charge in [-0.1, -0.05) is 13.0 Å². The third kappa shape index (κ3) is 4.68. The number of carbonyl (C=O) groups excluding carboxylic acids is 1. The maximum absolute atomic E-state index is 13.1. The van der Waals surface area contributed by atoms with Crippen molar-refractivity contribution in [1.29, 1.82) is 0 Å². The van der Waals surface area contributed by atoms with Gasteiger partial charge in [-0.3, -0.25) is 4.79 Å². The molecular formula is C16H23FN2O3. The van der Waals surface area contributed by atoms with Crippen molar-refractivity contribution in [3.8, 4) is 5.75 Å². The van der Waals surface area contributed by atoms with E-state index in [0.717, 1.165) is 6.42 Å². The minimum atomic E-state index is -0.430. The van der Waals surface area contributed by atoms with Crippen LogP contribution in [0.1, 0.15) is 26.2 Å². The minimum absolute atomic E-state index is 0.0266. The molecule has 1 amide bonds. The van der Waals surface area contributed by atoms with Crippen LogP contribution in [0.5, 0.6) is 5.75 Å². The van der Waals surface area contributed by atoms with Gasteiger partial charge in [0.15, 0.2) is 0 Å². The number of hydrogen-bond donors (Lipinski definition) is 2. The lowest BCUT2D eigenvalue weighted by molar-refractivity contribution is -0.132. The Labute approximate surface area is 130 Å². The molecule has 0 spiro atoms. The predicted molar refractivity (Wildman–Crippen MR) is 81.1 cm³/mol. The van der Waals surface area contributed by atoms with Crippen molar-refractivity contribution < 1.29 is 18.7 Å². The van der Waals surface area contributed by atoms with Gasteiger partial charge in [0.1, 0.15) is 23.8 Å². The highest BCUT2D eigenvalue weighted by atomic mass is 19.1. The number of hydrogen-bond acceptors (Lipinski definition) is 4. The van der Waals surface area contributed by atoms with Crippen LogP contribution in [0.2, 0.25) is 0 Å². The molecule has 1 aromatic rings. The highest BCUT2D eigenvalue weighted by Gasteiger charge is 2.29. The zero-order valence-electron chi connectivity index (χ0n) is 12.8. The van der Waals surface area contributed by atoms with E-state index in [-0.39, 0.29) is 23.9 Å². The average molecular weight is 310 g/mol. The number of rotatable bonds is 7. The van der Waals surface area contributed by atoms with E-state index in [9.17, 15) is 9.18 Å². The second-order valence-electron chi connectivity index (χ2n) is 5.41. The SMILES string of the molecule is CCC(CNC(=O)[C@@H]1CC[C@H](CN)O1)Oc1cccc(F)c1. The molecule has 1 unspecified atom stereocenters. The molecule has 3 N–H and O–H groups in total. The molecule has 5 nitrogen and oxygen atoms in total. The highest BCUT2D eigenvalue weighted by Crippen LogP contribution is 2.19. The van der Waals surface area contributed by atoms with Gasteiger partial charge in [0.2, 0.25) is 5.91 Å². The molecule has 2 rings (SSSR count). The van der Waals surface area contributed by atoms with Gasteiger partial charge in [-0.05, 0) is 31.4 Å². The van der Waals surface area contributed by atoms with Gasteiger partial charge >= 0.3 is 0 Å². The Morgan fingerprint density at radius 1 is 1.55 bits per heavy atom. The van der Waals surface area contributed by atoms with E-state index in [1.165, 1.54) is 12.1 Å². The van der Waals surface area contributed by atoms with Crippen LogP contribution >= 0.6 is 0 Å². The first-order valence-electron chi connectivity index (χ1n) is 7.67. The van der Waals surface area contributed by atoms with Crippen LogP contribution < -0.4 is 15.8 Å². The van der Waals surface area contributed by atoms with Crippen molar-refractivity contribution in [2.24, 2.45) is 5.73 Å². The van der Waals surface area contributed by atoms with E-state index in [2.05, 4.69) is 5.32 Å².